The first kappa shape index (κ1) is 15.3. The maximum atomic E-state index is 12.2. The van der Waals surface area contributed by atoms with Gasteiger partial charge in [-0.1, -0.05) is 23.2 Å². The van der Waals surface area contributed by atoms with Gasteiger partial charge in [0, 0.05) is 0 Å². The highest BCUT2D eigenvalue weighted by Gasteiger charge is 3.37. The van der Waals surface area contributed by atoms with E-state index < -0.39 is 49.8 Å². The summed E-state index contributed by atoms with van der Waals surface area (Å²) in [6, 6.07) is 0. The minimum absolute atomic E-state index is 0.851. The first-order valence-electron chi connectivity index (χ1n) is 5.69. The monoisotopic (exact) mass is 467 g/mol. The molecule has 1 amide bonds. The number of rotatable bonds is 1. The number of halogens is 9. The molecular weight excluding hydrogens is 469 g/mol. The highest BCUT2D eigenvalue weighted by atomic mass is 35.5. The summed E-state index contributed by atoms with van der Waals surface area (Å²) in [5.41, 5.74) is 3.89. The molecule has 6 fully saturated rings. The van der Waals surface area contributed by atoms with Gasteiger partial charge in [0.05, 0.1) is 0 Å². The second-order valence-corrected chi connectivity index (χ2v) is 11.6. The van der Waals surface area contributed by atoms with E-state index in [9.17, 15) is 4.79 Å². The van der Waals surface area contributed by atoms with Crippen LogP contribution in [0.4, 0.5) is 0 Å². The van der Waals surface area contributed by atoms with Crippen molar-refractivity contribution in [3.63, 3.8) is 0 Å². The second-order valence-electron chi connectivity index (χ2n) is 6.30. The number of hydrogen-bond acceptors (Lipinski definition) is 1. The normalized spacial score (nSPS) is 80.0. The Morgan fingerprint density at radius 2 is 0.857 bits per heavy atom. The van der Waals surface area contributed by atoms with Crippen LogP contribution in [0, 0.1) is 5.41 Å². The van der Waals surface area contributed by atoms with Crippen LogP contribution < -0.4 is 5.73 Å². The van der Waals surface area contributed by atoms with Crippen LogP contribution in [0.3, 0.4) is 0 Å². The van der Waals surface area contributed by atoms with Crippen LogP contribution in [0.15, 0.2) is 0 Å². The summed E-state index contributed by atoms with van der Waals surface area (Å²) in [4.78, 5) is 0.536. The van der Waals surface area contributed by atoms with Crippen molar-refractivity contribution in [1.82, 2.24) is 0 Å². The molecule has 8 atom stereocenters. The SMILES string of the molecule is NC(=O)C12C3(Cl)[C@@]4(Cl)C5(Cl)C(Cl)(Cl)C(Cl)([C@@]14Cl)[C@@]2(Cl)[C@]53Cl. The fourth-order valence-electron chi connectivity index (χ4n) is 6.24. The zero-order valence-electron chi connectivity index (χ0n) is 9.39. The largest absolute Gasteiger partial charge is 0.369 e. The predicted molar refractivity (Wildman–Crippen MR) is 86.2 cm³/mol. The molecule has 116 valence electrons. The molecule has 4 unspecified atom stereocenters. The molecule has 0 aromatic heterocycles. The minimum Gasteiger partial charge on any atom is -0.369 e. The Kier molecular flexibility index (Phi) is 2.05. The molecule has 6 rings (SSSR count). The van der Waals surface area contributed by atoms with Gasteiger partial charge < -0.3 is 5.73 Å². The third-order valence-electron chi connectivity index (χ3n) is 6.58. The molecular formula is C10H2Cl9NO. The van der Waals surface area contributed by atoms with E-state index in [1.807, 2.05) is 0 Å². The third kappa shape index (κ3) is 0.569. The summed E-state index contributed by atoms with van der Waals surface area (Å²) < 4.78 is -1.90. The van der Waals surface area contributed by atoms with Crippen LogP contribution in [-0.4, -0.2) is 44.4 Å². The van der Waals surface area contributed by atoms with Crippen molar-refractivity contribution < 1.29 is 4.79 Å². The summed E-state index contributed by atoms with van der Waals surface area (Å²) in [6.07, 6.45) is 0. The number of carbonyl (C=O) groups is 1. The van der Waals surface area contributed by atoms with Crippen molar-refractivity contribution in [1.29, 1.82) is 0 Å². The van der Waals surface area contributed by atoms with Gasteiger partial charge in [0.2, 0.25) is 5.91 Å². The average molecular weight is 471 g/mol. The molecule has 0 aromatic carbocycles. The van der Waals surface area contributed by atoms with Gasteiger partial charge in [0.15, 0.2) is 4.33 Å². The lowest BCUT2D eigenvalue weighted by Gasteiger charge is -3.04. The van der Waals surface area contributed by atoms with Crippen LogP contribution >= 0.6 is 104 Å². The highest BCUT2D eigenvalue weighted by Crippen LogP contribution is 3.18. The molecule has 0 radical (unpaired) electrons. The number of hydrogen-bond donors (Lipinski definition) is 1. The molecule has 6 saturated carbocycles. The molecule has 0 aromatic rings. The Bertz CT molecular complexity index is 691. The molecule has 6 aliphatic carbocycles. The zero-order chi connectivity index (χ0) is 16.1. The van der Waals surface area contributed by atoms with Gasteiger partial charge in [-0.2, -0.15) is 0 Å². The lowest BCUT2D eigenvalue weighted by Crippen LogP contribution is -3.26. The molecule has 2 bridgehead atoms. The summed E-state index contributed by atoms with van der Waals surface area (Å²) in [7, 11) is 0. The highest BCUT2D eigenvalue weighted by molar-refractivity contribution is 6.79. The first-order valence-corrected chi connectivity index (χ1v) is 9.10. The molecule has 2 nitrogen and oxygen atoms in total. The maximum Gasteiger partial charge on any atom is 0.229 e. The van der Waals surface area contributed by atoms with E-state index in [0.717, 1.165) is 0 Å². The van der Waals surface area contributed by atoms with Crippen molar-refractivity contribution in [3.05, 3.63) is 0 Å². The van der Waals surface area contributed by atoms with Crippen LogP contribution in [0.25, 0.3) is 0 Å². The Labute approximate surface area is 163 Å². The van der Waals surface area contributed by atoms with Crippen molar-refractivity contribution in [2.45, 2.75) is 38.5 Å². The van der Waals surface area contributed by atoms with Crippen LogP contribution in [0.2, 0.25) is 0 Å². The predicted octanol–water partition coefficient (Wildman–Crippen LogP) is 3.54. The lowest BCUT2D eigenvalue weighted by atomic mass is 9.10. The van der Waals surface area contributed by atoms with Crippen LogP contribution in [0.5, 0.6) is 0 Å². The van der Waals surface area contributed by atoms with E-state index in [4.69, 9.17) is 110 Å². The summed E-state index contributed by atoms with van der Waals surface area (Å²) in [5, 5.41) is 0. The number of amides is 1. The molecule has 21 heavy (non-hydrogen) atoms. The lowest BCUT2D eigenvalue weighted by molar-refractivity contribution is -0.323. The molecule has 0 spiro atoms. The van der Waals surface area contributed by atoms with Crippen LogP contribution in [0.1, 0.15) is 0 Å². The fourth-order valence-corrected chi connectivity index (χ4v) is 14.4. The Balaban J connectivity index is 2.01. The Morgan fingerprint density at radius 1 is 0.571 bits per heavy atom. The van der Waals surface area contributed by atoms with Crippen LogP contribution in [-0.2, 0) is 4.79 Å². The van der Waals surface area contributed by atoms with Crippen molar-refractivity contribution in [2.24, 2.45) is 11.1 Å². The van der Waals surface area contributed by atoms with Gasteiger partial charge >= 0.3 is 0 Å². The summed E-state index contributed by atoms with van der Waals surface area (Å²) in [5.74, 6) is -0.851. The molecule has 0 heterocycles. The fraction of sp³-hybridized carbons (Fsp3) is 0.900. The van der Waals surface area contributed by atoms with Crippen molar-refractivity contribution >= 4 is 110 Å². The van der Waals surface area contributed by atoms with Gasteiger partial charge in [-0.05, 0) is 0 Å². The van der Waals surface area contributed by atoms with Gasteiger partial charge in [0.1, 0.15) is 39.5 Å². The maximum absolute atomic E-state index is 12.2. The number of primary amides is 1. The topological polar surface area (TPSA) is 43.1 Å². The number of carbonyl (C=O) groups excluding carboxylic acids is 1. The third-order valence-corrected chi connectivity index (χ3v) is 14.8. The van der Waals surface area contributed by atoms with Crippen molar-refractivity contribution in [2.75, 3.05) is 0 Å². The van der Waals surface area contributed by atoms with Crippen molar-refractivity contribution in [3.8, 4) is 0 Å². The van der Waals surface area contributed by atoms with Gasteiger partial charge in [-0.3, -0.25) is 4.79 Å². The summed E-state index contributed by atoms with van der Waals surface area (Å²) in [6.45, 7) is 0. The van der Waals surface area contributed by atoms with E-state index in [-0.39, 0.29) is 0 Å². The number of nitrogens with two attached hydrogens (primary N) is 1. The van der Waals surface area contributed by atoms with E-state index in [2.05, 4.69) is 0 Å². The quantitative estimate of drug-likeness (QED) is 0.585. The smallest absolute Gasteiger partial charge is 0.229 e. The molecule has 6 aliphatic rings. The Morgan fingerprint density at radius 3 is 1.19 bits per heavy atom. The van der Waals surface area contributed by atoms with Gasteiger partial charge in [0.25, 0.3) is 0 Å². The van der Waals surface area contributed by atoms with E-state index >= 15 is 0 Å². The molecule has 2 N–H and O–H groups in total. The summed E-state index contributed by atoms with van der Waals surface area (Å²) >= 11 is 59.2. The zero-order valence-corrected chi connectivity index (χ0v) is 16.2. The van der Waals surface area contributed by atoms with E-state index in [1.54, 1.807) is 0 Å². The van der Waals surface area contributed by atoms with E-state index in [1.165, 1.54) is 0 Å². The average Bonchev–Trinajstić information content (AvgIpc) is 2.44. The molecule has 0 aliphatic heterocycles. The van der Waals surface area contributed by atoms with Gasteiger partial charge in [-0.25, -0.2) is 0 Å². The van der Waals surface area contributed by atoms with Gasteiger partial charge in [-0.15, -0.1) is 81.2 Å². The molecule has 11 heteroatoms. The Hall–Kier alpha value is 2.08. The molecule has 0 saturated heterocycles. The second kappa shape index (κ2) is 2.81. The number of alkyl halides is 9. The first-order chi connectivity index (χ1) is 9.19. The van der Waals surface area contributed by atoms with E-state index in [0.29, 0.717) is 0 Å². The minimum atomic E-state index is -1.90. The standard InChI is InChI=1S/C10H2Cl9NO/c11-3-2(1(20)21)4(12)6(3,14)9(17)7(3,15)5(2,13)8(4,16)10(9,18)19/h(H2,20,21)/t2?,3?,4-,5+,6-,7-,8?,9?/m0/s1.